The molecular weight excluding hydrogens is 164 g/mol. The Morgan fingerprint density at radius 2 is 2.00 bits per heavy atom. The number of ether oxygens (including phenoxy) is 2. The van der Waals surface area contributed by atoms with Crippen molar-refractivity contribution >= 4 is 0 Å². The summed E-state index contributed by atoms with van der Waals surface area (Å²) in [5, 5.41) is 0. The molecule has 0 unspecified atom stereocenters. The Labute approximate surface area is 80.9 Å². The van der Waals surface area contributed by atoms with Crippen molar-refractivity contribution in [3.05, 3.63) is 11.6 Å². The van der Waals surface area contributed by atoms with Gasteiger partial charge in [-0.3, -0.25) is 0 Å². The minimum atomic E-state index is -0.0423. The van der Waals surface area contributed by atoms with Crippen molar-refractivity contribution in [2.45, 2.75) is 33.0 Å². The van der Waals surface area contributed by atoms with E-state index in [-0.39, 0.29) is 6.29 Å². The van der Waals surface area contributed by atoms with Crippen molar-refractivity contribution in [2.24, 2.45) is 11.8 Å². The third kappa shape index (κ3) is 2.55. The smallest absolute Gasteiger partial charge is 0.160 e. The number of hydrogen-bond donors (Lipinski definition) is 0. The van der Waals surface area contributed by atoms with Gasteiger partial charge in [-0.2, -0.15) is 0 Å². The zero-order valence-corrected chi connectivity index (χ0v) is 9.04. The lowest BCUT2D eigenvalue weighted by Gasteiger charge is -2.31. The highest BCUT2D eigenvalue weighted by Gasteiger charge is 2.27. The summed E-state index contributed by atoms with van der Waals surface area (Å²) >= 11 is 0. The average Bonchev–Trinajstić information content (AvgIpc) is 2.10. The van der Waals surface area contributed by atoms with E-state index in [1.165, 1.54) is 18.4 Å². The number of hydrogen-bond acceptors (Lipinski definition) is 2. The molecule has 0 amide bonds. The lowest BCUT2D eigenvalue weighted by Crippen LogP contribution is -2.31. The van der Waals surface area contributed by atoms with Gasteiger partial charge in [0.1, 0.15) is 0 Å². The van der Waals surface area contributed by atoms with E-state index >= 15 is 0 Å². The Kier molecular flexibility index (Phi) is 3.94. The molecule has 0 saturated carbocycles. The first kappa shape index (κ1) is 10.7. The minimum absolute atomic E-state index is 0.0423. The first-order valence-corrected chi connectivity index (χ1v) is 4.92. The van der Waals surface area contributed by atoms with Crippen LogP contribution in [0.25, 0.3) is 0 Å². The Bertz CT molecular complexity index is 183. The van der Waals surface area contributed by atoms with Gasteiger partial charge in [0.25, 0.3) is 0 Å². The van der Waals surface area contributed by atoms with Crippen LogP contribution in [-0.4, -0.2) is 20.5 Å². The lowest BCUT2D eigenvalue weighted by atomic mass is 9.82. The molecule has 1 aliphatic carbocycles. The van der Waals surface area contributed by atoms with E-state index in [0.29, 0.717) is 11.8 Å². The van der Waals surface area contributed by atoms with Crippen LogP contribution in [-0.2, 0) is 9.47 Å². The molecule has 0 bridgehead atoms. The van der Waals surface area contributed by atoms with Gasteiger partial charge in [-0.15, -0.1) is 0 Å². The molecule has 0 aromatic rings. The Morgan fingerprint density at radius 1 is 1.38 bits per heavy atom. The third-order valence-corrected chi connectivity index (χ3v) is 2.91. The summed E-state index contributed by atoms with van der Waals surface area (Å²) in [5.74, 6) is 1.08. The van der Waals surface area contributed by atoms with Crippen molar-refractivity contribution in [3.63, 3.8) is 0 Å². The van der Waals surface area contributed by atoms with Gasteiger partial charge in [-0.25, -0.2) is 0 Å². The second-order valence-electron chi connectivity index (χ2n) is 3.91. The number of methoxy groups -OCH3 is 2. The van der Waals surface area contributed by atoms with E-state index in [1.54, 1.807) is 14.2 Å². The SMILES string of the molecule is COC(OC)[C@@H]1CCC(C)=C[C@@H]1C. The van der Waals surface area contributed by atoms with E-state index in [2.05, 4.69) is 19.9 Å². The highest BCUT2D eigenvalue weighted by Crippen LogP contribution is 2.31. The molecule has 0 aliphatic heterocycles. The fourth-order valence-corrected chi connectivity index (χ4v) is 2.14. The van der Waals surface area contributed by atoms with Crippen LogP contribution < -0.4 is 0 Å². The largest absolute Gasteiger partial charge is 0.356 e. The second kappa shape index (κ2) is 4.77. The van der Waals surface area contributed by atoms with Crippen LogP contribution in [0.4, 0.5) is 0 Å². The fraction of sp³-hybridized carbons (Fsp3) is 0.818. The molecule has 0 heterocycles. The molecule has 0 aromatic carbocycles. The maximum atomic E-state index is 5.29. The molecule has 0 spiro atoms. The molecule has 2 atom stereocenters. The Hall–Kier alpha value is -0.340. The molecule has 0 fully saturated rings. The second-order valence-corrected chi connectivity index (χ2v) is 3.91. The maximum absolute atomic E-state index is 5.29. The zero-order valence-electron chi connectivity index (χ0n) is 9.04. The zero-order chi connectivity index (χ0) is 9.84. The molecule has 0 aromatic heterocycles. The van der Waals surface area contributed by atoms with E-state index in [4.69, 9.17) is 9.47 Å². The van der Waals surface area contributed by atoms with Crippen molar-refractivity contribution in [3.8, 4) is 0 Å². The van der Waals surface area contributed by atoms with Crippen molar-refractivity contribution in [1.29, 1.82) is 0 Å². The van der Waals surface area contributed by atoms with Crippen LogP contribution in [0.3, 0.4) is 0 Å². The molecular formula is C11H20O2. The lowest BCUT2D eigenvalue weighted by molar-refractivity contribution is -0.147. The van der Waals surface area contributed by atoms with Gasteiger partial charge in [0.05, 0.1) is 0 Å². The molecule has 13 heavy (non-hydrogen) atoms. The summed E-state index contributed by atoms with van der Waals surface area (Å²) in [4.78, 5) is 0. The molecule has 2 heteroatoms. The van der Waals surface area contributed by atoms with Gasteiger partial charge >= 0.3 is 0 Å². The Morgan fingerprint density at radius 3 is 2.46 bits per heavy atom. The van der Waals surface area contributed by atoms with Gasteiger partial charge < -0.3 is 9.47 Å². The highest BCUT2D eigenvalue weighted by atomic mass is 16.7. The summed E-state index contributed by atoms with van der Waals surface area (Å²) in [7, 11) is 3.43. The highest BCUT2D eigenvalue weighted by molar-refractivity contribution is 5.06. The quantitative estimate of drug-likeness (QED) is 0.496. The van der Waals surface area contributed by atoms with E-state index < -0.39 is 0 Å². The van der Waals surface area contributed by atoms with Gasteiger partial charge in [0.2, 0.25) is 0 Å². The van der Waals surface area contributed by atoms with Crippen LogP contribution in [0.15, 0.2) is 11.6 Å². The number of allylic oxidation sites excluding steroid dienone is 2. The molecule has 0 saturated heterocycles. The van der Waals surface area contributed by atoms with Crippen LogP contribution >= 0.6 is 0 Å². The van der Waals surface area contributed by atoms with Crippen molar-refractivity contribution in [1.82, 2.24) is 0 Å². The molecule has 1 aliphatic rings. The summed E-state index contributed by atoms with van der Waals surface area (Å²) < 4.78 is 10.6. The topological polar surface area (TPSA) is 18.5 Å². The molecule has 0 N–H and O–H groups in total. The Balaban J connectivity index is 2.61. The van der Waals surface area contributed by atoms with E-state index in [0.717, 1.165) is 0 Å². The maximum Gasteiger partial charge on any atom is 0.160 e. The predicted octanol–water partition coefficient (Wildman–Crippen LogP) is 2.60. The fourth-order valence-electron chi connectivity index (χ4n) is 2.14. The van der Waals surface area contributed by atoms with Crippen LogP contribution in [0.5, 0.6) is 0 Å². The summed E-state index contributed by atoms with van der Waals surface area (Å²) in [5.41, 5.74) is 1.50. The first-order valence-electron chi connectivity index (χ1n) is 4.92. The van der Waals surface area contributed by atoms with Crippen LogP contribution in [0.2, 0.25) is 0 Å². The summed E-state index contributed by atoms with van der Waals surface area (Å²) in [6.45, 7) is 4.43. The summed E-state index contributed by atoms with van der Waals surface area (Å²) in [6.07, 6.45) is 4.65. The molecule has 0 radical (unpaired) electrons. The van der Waals surface area contributed by atoms with Crippen molar-refractivity contribution in [2.75, 3.05) is 14.2 Å². The molecule has 1 rings (SSSR count). The molecule has 76 valence electrons. The van der Waals surface area contributed by atoms with Crippen LogP contribution in [0.1, 0.15) is 26.7 Å². The van der Waals surface area contributed by atoms with Gasteiger partial charge in [0.15, 0.2) is 6.29 Å². The van der Waals surface area contributed by atoms with Gasteiger partial charge in [-0.05, 0) is 25.7 Å². The third-order valence-electron chi connectivity index (χ3n) is 2.91. The van der Waals surface area contributed by atoms with Crippen LogP contribution in [0, 0.1) is 11.8 Å². The minimum Gasteiger partial charge on any atom is -0.356 e. The monoisotopic (exact) mass is 184 g/mol. The number of rotatable bonds is 3. The van der Waals surface area contributed by atoms with E-state index in [1.807, 2.05) is 0 Å². The molecule has 2 nitrogen and oxygen atoms in total. The standard InChI is InChI=1S/C11H20O2/c1-8-5-6-10(9(2)7-8)11(12-3)13-4/h7,9-11H,5-6H2,1-4H3/t9-,10+/m0/s1. The normalized spacial score (nSPS) is 29.2. The average molecular weight is 184 g/mol. The van der Waals surface area contributed by atoms with Gasteiger partial charge in [0, 0.05) is 20.1 Å². The van der Waals surface area contributed by atoms with Crippen molar-refractivity contribution < 1.29 is 9.47 Å². The first-order chi connectivity index (χ1) is 6.19. The van der Waals surface area contributed by atoms with E-state index in [9.17, 15) is 0 Å². The summed E-state index contributed by atoms with van der Waals surface area (Å²) in [6, 6.07) is 0. The predicted molar refractivity (Wildman–Crippen MR) is 53.5 cm³/mol. The van der Waals surface area contributed by atoms with Gasteiger partial charge in [-0.1, -0.05) is 18.6 Å².